The molecule has 1 aromatic carbocycles. The molecule has 1 heterocycles. The van der Waals surface area contributed by atoms with Crippen molar-refractivity contribution in [1.82, 2.24) is 15.1 Å². The van der Waals surface area contributed by atoms with Crippen LogP contribution in [0.4, 0.5) is 0 Å². The Morgan fingerprint density at radius 3 is 2.86 bits per heavy atom. The molecular weight excluding hydrogens is 377 g/mol. The number of aromatic nitrogens is 2. The van der Waals surface area contributed by atoms with E-state index in [-0.39, 0.29) is 6.04 Å². The molecular formula is C14H16BrCl2N3O. The van der Waals surface area contributed by atoms with Crippen molar-refractivity contribution in [3.63, 3.8) is 0 Å². The Bertz CT molecular complexity index is 618. The number of benzene rings is 1. The normalized spacial score (nSPS) is 12.6. The lowest BCUT2D eigenvalue weighted by Crippen LogP contribution is -2.23. The third-order valence-electron chi connectivity index (χ3n) is 3.20. The summed E-state index contributed by atoms with van der Waals surface area (Å²) in [6.07, 6.45) is 1.64. The zero-order valence-corrected chi connectivity index (χ0v) is 14.8. The Morgan fingerprint density at radius 1 is 1.43 bits per heavy atom. The zero-order valence-electron chi connectivity index (χ0n) is 11.7. The average molecular weight is 393 g/mol. The highest BCUT2D eigenvalue weighted by Gasteiger charge is 2.23. The number of nitrogens with one attached hydrogen (secondary N) is 1. The van der Waals surface area contributed by atoms with Crippen LogP contribution in [-0.4, -0.2) is 30.5 Å². The summed E-state index contributed by atoms with van der Waals surface area (Å²) in [5.74, 6) is 0. The molecule has 0 fully saturated rings. The quantitative estimate of drug-likeness (QED) is 0.809. The van der Waals surface area contributed by atoms with Gasteiger partial charge in [0, 0.05) is 11.6 Å². The van der Waals surface area contributed by atoms with Crippen LogP contribution in [0.15, 0.2) is 28.9 Å². The molecule has 0 saturated carbocycles. The number of hydrogen-bond acceptors (Lipinski definition) is 3. The number of nitrogens with zero attached hydrogens (tertiary/aromatic N) is 2. The molecule has 0 aliphatic carbocycles. The molecule has 1 unspecified atom stereocenters. The SMILES string of the molecule is CNC(c1cccc(Br)c1Cl)c1c(Cl)cnn1CCOC. The van der Waals surface area contributed by atoms with Gasteiger partial charge < -0.3 is 10.1 Å². The van der Waals surface area contributed by atoms with Crippen LogP contribution in [0.3, 0.4) is 0 Å². The van der Waals surface area contributed by atoms with Crippen LogP contribution in [0, 0.1) is 0 Å². The maximum absolute atomic E-state index is 6.41. The molecule has 0 bridgehead atoms. The third kappa shape index (κ3) is 3.60. The van der Waals surface area contributed by atoms with Crippen molar-refractivity contribution in [1.29, 1.82) is 0 Å². The first-order valence-corrected chi connectivity index (χ1v) is 7.96. The Morgan fingerprint density at radius 2 is 2.19 bits per heavy atom. The maximum atomic E-state index is 6.41. The van der Waals surface area contributed by atoms with E-state index >= 15 is 0 Å². The van der Waals surface area contributed by atoms with Gasteiger partial charge in [0.1, 0.15) is 0 Å². The minimum absolute atomic E-state index is 0.151. The van der Waals surface area contributed by atoms with Crippen molar-refractivity contribution in [2.45, 2.75) is 12.6 Å². The molecule has 0 amide bonds. The maximum Gasteiger partial charge on any atom is 0.0837 e. The van der Waals surface area contributed by atoms with Gasteiger partial charge in [-0.25, -0.2) is 0 Å². The summed E-state index contributed by atoms with van der Waals surface area (Å²) in [7, 11) is 3.53. The van der Waals surface area contributed by atoms with Gasteiger partial charge in [0.25, 0.3) is 0 Å². The molecule has 1 N–H and O–H groups in total. The standard InChI is InChI=1S/C14H16BrCl2N3O/c1-18-13(9-4-3-5-10(15)12(9)17)14-11(16)8-19-20(14)6-7-21-2/h3-5,8,13,18H,6-7H2,1-2H3. The van der Waals surface area contributed by atoms with E-state index in [0.29, 0.717) is 23.2 Å². The second-order valence-electron chi connectivity index (χ2n) is 4.46. The molecule has 1 atom stereocenters. The van der Waals surface area contributed by atoms with Gasteiger partial charge >= 0.3 is 0 Å². The van der Waals surface area contributed by atoms with Crippen molar-refractivity contribution >= 4 is 39.1 Å². The monoisotopic (exact) mass is 391 g/mol. The first-order chi connectivity index (χ1) is 10.1. The molecule has 0 radical (unpaired) electrons. The van der Waals surface area contributed by atoms with E-state index in [4.69, 9.17) is 27.9 Å². The fourth-order valence-electron chi connectivity index (χ4n) is 2.20. The second-order valence-corrected chi connectivity index (χ2v) is 6.10. The van der Waals surface area contributed by atoms with Gasteiger partial charge in [-0.3, -0.25) is 4.68 Å². The Balaban J connectivity index is 2.46. The van der Waals surface area contributed by atoms with Crippen molar-refractivity contribution < 1.29 is 4.74 Å². The van der Waals surface area contributed by atoms with Crippen LogP contribution < -0.4 is 5.32 Å². The third-order valence-corrected chi connectivity index (χ3v) is 4.80. The van der Waals surface area contributed by atoms with E-state index in [2.05, 4.69) is 26.3 Å². The van der Waals surface area contributed by atoms with Gasteiger partial charge in [-0.15, -0.1) is 0 Å². The lowest BCUT2D eigenvalue weighted by Gasteiger charge is -2.20. The van der Waals surface area contributed by atoms with Crippen LogP contribution in [0.2, 0.25) is 10.0 Å². The van der Waals surface area contributed by atoms with Gasteiger partial charge in [0.05, 0.1) is 41.1 Å². The van der Waals surface area contributed by atoms with Crippen LogP contribution in [-0.2, 0) is 11.3 Å². The molecule has 0 saturated heterocycles. The largest absolute Gasteiger partial charge is 0.383 e. The second kappa shape index (κ2) is 7.61. The lowest BCUT2D eigenvalue weighted by atomic mass is 10.0. The van der Waals surface area contributed by atoms with Crippen molar-refractivity contribution in [2.75, 3.05) is 20.8 Å². The van der Waals surface area contributed by atoms with Crippen molar-refractivity contribution in [3.8, 4) is 0 Å². The number of halogens is 3. The Kier molecular flexibility index (Phi) is 6.08. The van der Waals surface area contributed by atoms with Gasteiger partial charge in [-0.2, -0.15) is 5.10 Å². The molecule has 2 aromatic rings. The fraction of sp³-hybridized carbons (Fsp3) is 0.357. The summed E-state index contributed by atoms with van der Waals surface area (Å²) < 4.78 is 7.80. The van der Waals surface area contributed by atoms with E-state index in [1.165, 1.54) is 0 Å². The Labute approximate surface area is 142 Å². The smallest absolute Gasteiger partial charge is 0.0837 e. The average Bonchev–Trinajstić information content (AvgIpc) is 2.83. The van der Waals surface area contributed by atoms with Gasteiger partial charge in [-0.05, 0) is 34.6 Å². The topological polar surface area (TPSA) is 39.1 Å². The number of hydrogen-bond donors (Lipinski definition) is 1. The first-order valence-electron chi connectivity index (χ1n) is 6.41. The molecule has 21 heavy (non-hydrogen) atoms. The zero-order chi connectivity index (χ0) is 15.4. The van der Waals surface area contributed by atoms with Gasteiger partial charge in [0.15, 0.2) is 0 Å². The minimum Gasteiger partial charge on any atom is -0.383 e. The molecule has 4 nitrogen and oxygen atoms in total. The highest BCUT2D eigenvalue weighted by atomic mass is 79.9. The molecule has 1 aromatic heterocycles. The van der Waals surface area contributed by atoms with E-state index in [0.717, 1.165) is 15.7 Å². The number of rotatable bonds is 6. The predicted octanol–water partition coefficient (Wildman–Crippen LogP) is 3.91. The predicted molar refractivity (Wildman–Crippen MR) is 89.2 cm³/mol. The summed E-state index contributed by atoms with van der Waals surface area (Å²) in [6, 6.07) is 5.67. The van der Waals surface area contributed by atoms with E-state index in [1.54, 1.807) is 13.3 Å². The molecule has 7 heteroatoms. The van der Waals surface area contributed by atoms with Crippen molar-refractivity contribution in [3.05, 3.63) is 50.2 Å². The summed E-state index contributed by atoms with van der Waals surface area (Å²) in [6.45, 7) is 1.19. The molecule has 114 valence electrons. The summed E-state index contributed by atoms with van der Waals surface area (Å²) >= 11 is 16.2. The van der Waals surface area contributed by atoms with Gasteiger partial charge in [0.2, 0.25) is 0 Å². The molecule has 0 aliphatic rings. The molecule has 0 aliphatic heterocycles. The van der Waals surface area contributed by atoms with Crippen LogP contribution in [0.5, 0.6) is 0 Å². The van der Waals surface area contributed by atoms with Gasteiger partial charge in [-0.1, -0.05) is 35.3 Å². The highest BCUT2D eigenvalue weighted by Crippen LogP contribution is 2.35. The Hall–Kier alpha value is -0.590. The number of ether oxygens (including phenoxy) is 1. The van der Waals surface area contributed by atoms with E-state index < -0.39 is 0 Å². The fourth-order valence-corrected chi connectivity index (χ4v) is 3.06. The van der Waals surface area contributed by atoms with Crippen LogP contribution in [0.25, 0.3) is 0 Å². The molecule has 2 rings (SSSR count). The highest BCUT2D eigenvalue weighted by molar-refractivity contribution is 9.10. The number of methoxy groups -OCH3 is 1. The summed E-state index contributed by atoms with van der Waals surface area (Å²) in [5, 5.41) is 8.82. The summed E-state index contributed by atoms with van der Waals surface area (Å²) in [4.78, 5) is 0. The minimum atomic E-state index is -0.151. The van der Waals surface area contributed by atoms with Crippen LogP contribution in [0.1, 0.15) is 17.3 Å². The van der Waals surface area contributed by atoms with E-state index in [9.17, 15) is 0 Å². The van der Waals surface area contributed by atoms with Crippen molar-refractivity contribution in [2.24, 2.45) is 0 Å². The molecule has 0 spiro atoms. The van der Waals surface area contributed by atoms with Crippen LogP contribution >= 0.6 is 39.1 Å². The summed E-state index contributed by atoms with van der Waals surface area (Å²) in [5.41, 5.74) is 1.81. The van der Waals surface area contributed by atoms with E-state index in [1.807, 2.05) is 29.9 Å². The first kappa shape index (κ1) is 16.8. The lowest BCUT2D eigenvalue weighted by molar-refractivity contribution is 0.182.